The Hall–Kier alpha value is -1.42. The van der Waals surface area contributed by atoms with Crippen LogP contribution in [0, 0.1) is 6.92 Å². The van der Waals surface area contributed by atoms with Gasteiger partial charge in [-0.2, -0.15) is 0 Å². The fourth-order valence-corrected chi connectivity index (χ4v) is 1.26. The average Bonchev–Trinajstić information content (AvgIpc) is 2.45. The van der Waals surface area contributed by atoms with Crippen LogP contribution in [-0.2, 0) is 5.54 Å². The summed E-state index contributed by atoms with van der Waals surface area (Å²) in [4.78, 5) is 4.35. The molecule has 0 aliphatic rings. The number of aromatic nitrogens is 3. The number of hydrogen-bond acceptors (Lipinski definition) is 3. The van der Waals surface area contributed by atoms with E-state index in [1.807, 2.05) is 39.1 Å². The molecule has 0 atom stereocenters. The van der Waals surface area contributed by atoms with Gasteiger partial charge in [0.1, 0.15) is 0 Å². The molecule has 0 unspecified atom stereocenters. The molecule has 2 aromatic rings. The van der Waals surface area contributed by atoms with Gasteiger partial charge in [-0.25, -0.2) is 9.50 Å². The fourth-order valence-electron chi connectivity index (χ4n) is 1.26. The van der Waals surface area contributed by atoms with Crippen molar-refractivity contribution in [2.75, 3.05) is 0 Å². The van der Waals surface area contributed by atoms with Crippen LogP contribution in [0.2, 0.25) is 0 Å². The maximum Gasteiger partial charge on any atom is 0.170 e. The van der Waals surface area contributed by atoms with Crippen LogP contribution in [0.3, 0.4) is 0 Å². The molecule has 0 radical (unpaired) electrons. The number of hydrogen-bond donors (Lipinski definition) is 1. The van der Waals surface area contributed by atoms with Crippen molar-refractivity contribution in [1.82, 2.24) is 14.6 Å². The SMILES string of the molecule is Cc1ccc2nc(C(C)(C)N)nn2c1. The normalized spacial score (nSPS) is 12.3. The van der Waals surface area contributed by atoms with Gasteiger partial charge < -0.3 is 5.73 Å². The predicted octanol–water partition coefficient (Wildman–Crippen LogP) is 1.23. The Labute approximate surface area is 82.8 Å². The minimum Gasteiger partial charge on any atom is -0.319 e. The fraction of sp³-hybridized carbons (Fsp3) is 0.400. The predicted molar refractivity (Wildman–Crippen MR) is 54.9 cm³/mol. The number of aryl methyl sites for hydroxylation is 1. The molecule has 0 aromatic carbocycles. The van der Waals surface area contributed by atoms with Crippen molar-refractivity contribution in [2.45, 2.75) is 26.3 Å². The van der Waals surface area contributed by atoms with E-state index < -0.39 is 5.54 Å². The molecule has 0 aliphatic carbocycles. The van der Waals surface area contributed by atoms with Crippen molar-refractivity contribution in [1.29, 1.82) is 0 Å². The van der Waals surface area contributed by atoms with E-state index >= 15 is 0 Å². The van der Waals surface area contributed by atoms with Crippen molar-refractivity contribution in [3.63, 3.8) is 0 Å². The monoisotopic (exact) mass is 190 g/mol. The molecule has 4 nitrogen and oxygen atoms in total. The van der Waals surface area contributed by atoms with Gasteiger partial charge in [0.2, 0.25) is 0 Å². The molecular weight excluding hydrogens is 176 g/mol. The summed E-state index contributed by atoms with van der Waals surface area (Å²) in [7, 11) is 0. The molecule has 74 valence electrons. The van der Waals surface area contributed by atoms with E-state index in [0.29, 0.717) is 5.82 Å². The molecule has 0 fully saturated rings. The van der Waals surface area contributed by atoms with Crippen LogP contribution in [0.15, 0.2) is 18.3 Å². The van der Waals surface area contributed by atoms with E-state index in [1.54, 1.807) is 4.52 Å². The van der Waals surface area contributed by atoms with Crippen molar-refractivity contribution >= 4 is 5.65 Å². The molecule has 2 N–H and O–H groups in total. The molecule has 0 bridgehead atoms. The standard InChI is InChI=1S/C10H14N4/c1-7-4-5-8-12-9(10(2,3)11)13-14(8)6-7/h4-6H,11H2,1-3H3. The molecule has 2 rings (SSSR count). The Kier molecular flexibility index (Phi) is 1.82. The summed E-state index contributed by atoms with van der Waals surface area (Å²) in [6.07, 6.45) is 1.94. The summed E-state index contributed by atoms with van der Waals surface area (Å²) in [5.74, 6) is 0.670. The van der Waals surface area contributed by atoms with E-state index in [1.165, 1.54) is 0 Å². The Bertz CT molecular complexity index is 464. The number of nitrogens with two attached hydrogens (primary N) is 1. The maximum atomic E-state index is 5.92. The first-order valence-electron chi connectivity index (χ1n) is 4.59. The summed E-state index contributed by atoms with van der Waals surface area (Å²) in [5, 5.41) is 4.33. The zero-order valence-electron chi connectivity index (χ0n) is 8.65. The lowest BCUT2D eigenvalue weighted by Gasteiger charge is -2.12. The third kappa shape index (κ3) is 1.48. The van der Waals surface area contributed by atoms with E-state index in [-0.39, 0.29) is 0 Å². The molecule has 2 heterocycles. The van der Waals surface area contributed by atoms with Gasteiger partial charge >= 0.3 is 0 Å². The molecular formula is C10H14N4. The van der Waals surface area contributed by atoms with Crippen LogP contribution in [0.25, 0.3) is 5.65 Å². The van der Waals surface area contributed by atoms with E-state index in [9.17, 15) is 0 Å². The second-order valence-corrected chi connectivity index (χ2v) is 4.17. The highest BCUT2D eigenvalue weighted by molar-refractivity contribution is 5.39. The Morgan fingerprint density at radius 1 is 1.36 bits per heavy atom. The molecule has 0 saturated carbocycles. The van der Waals surface area contributed by atoms with Gasteiger partial charge in [-0.1, -0.05) is 6.07 Å². The lowest BCUT2D eigenvalue weighted by Crippen LogP contribution is -2.30. The molecule has 0 aliphatic heterocycles. The van der Waals surface area contributed by atoms with Crippen LogP contribution >= 0.6 is 0 Å². The number of nitrogens with zero attached hydrogens (tertiary/aromatic N) is 3. The Morgan fingerprint density at radius 3 is 2.71 bits per heavy atom. The van der Waals surface area contributed by atoms with Gasteiger partial charge in [0, 0.05) is 6.20 Å². The third-order valence-corrected chi connectivity index (χ3v) is 2.06. The number of pyridine rings is 1. The van der Waals surface area contributed by atoms with E-state index in [4.69, 9.17) is 5.73 Å². The van der Waals surface area contributed by atoms with Crippen LogP contribution < -0.4 is 5.73 Å². The first kappa shape index (κ1) is 9.15. The molecule has 2 aromatic heterocycles. The minimum absolute atomic E-state index is 0.486. The third-order valence-electron chi connectivity index (χ3n) is 2.06. The van der Waals surface area contributed by atoms with Gasteiger partial charge in [0.05, 0.1) is 5.54 Å². The van der Waals surface area contributed by atoms with Crippen molar-refractivity contribution < 1.29 is 0 Å². The lowest BCUT2D eigenvalue weighted by atomic mass is 10.1. The highest BCUT2D eigenvalue weighted by Crippen LogP contribution is 2.13. The lowest BCUT2D eigenvalue weighted by molar-refractivity contribution is 0.514. The van der Waals surface area contributed by atoms with Gasteiger partial charge in [0.25, 0.3) is 0 Å². The summed E-state index contributed by atoms with van der Waals surface area (Å²) < 4.78 is 1.76. The second-order valence-electron chi connectivity index (χ2n) is 4.17. The second kappa shape index (κ2) is 2.78. The highest BCUT2D eigenvalue weighted by atomic mass is 15.3. The van der Waals surface area contributed by atoms with E-state index in [0.717, 1.165) is 11.2 Å². The molecule has 0 spiro atoms. The zero-order chi connectivity index (χ0) is 10.3. The summed E-state index contributed by atoms with van der Waals surface area (Å²) in [6.45, 7) is 5.82. The zero-order valence-corrected chi connectivity index (χ0v) is 8.65. The van der Waals surface area contributed by atoms with Gasteiger partial charge in [-0.15, -0.1) is 5.10 Å². The maximum absolute atomic E-state index is 5.92. The summed E-state index contributed by atoms with van der Waals surface area (Å²) in [5.41, 5.74) is 7.43. The summed E-state index contributed by atoms with van der Waals surface area (Å²) >= 11 is 0. The quantitative estimate of drug-likeness (QED) is 0.735. The first-order chi connectivity index (χ1) is 6.47. The van der Waals surface area contributed by atoms with Crippen molar-refractivity contribution in [2.24, 2.45) is 5.73 Å². The minimum atomic E-state index is -0.486. The topological polar surface area (TPSA) is 56.2 Å². The largest absolute Gasteiger partial charge is 0.319 e. The van der Waals surface area contributed by atoms with Crippen LogP contribution in [0.1, 0.15) is 25.2 Å². The highest BCUT2D eigenvalue weighted by Gasteiger charge is 2.19. The first-order valence-corrected chi connectivity index (χ1v) is 4.59. The Balaban J connectivity index is 2.63. The van der Waals surface area contributed by atoms with Gasteiger partial charge in [-0.05, 0) is 32.4 Å². The number of fused-ring (bicyclic) bond motifs is 1. The smallest absolute Gasteiger partial charge is 0.170 e. The van der Waals surface area contributed by atoms with Crippen LogP contribution in [0.4, 0.5) is 0 Å². The Morgan fingerprint density at radius 2 is 2.07 bits per heavy atom. The summed E-state index contributed by atoms with van der Waals surface area (Å²) in [6, 6.07) is 3.95. The van der Waals surface area contributed by atoms with Gasteiger partial charge in [-0.3, -0.25) is 0 Å². The molecule has 4 heteroatoms. The van der Waals surface area contributed by atoms with Crippen LogP contribution in [0.5, 0.6) is 0 Å². The van der Waals surface area contributed by atoms with E-state index in [2.05, 4.69) is 10.1 Å². The average molecular weight is 190 g/mol. The molecule has 0 saturated heterocycles. The van der Waals surface area contributed by atoms with Crippen molar-refractivity contribution in [3.05, 3.63) is 29.7 Å². The van der Waals surface area contributed by atoms with Crippen molar-refractivity contribution in [3.8, 4) is 0 Å². The molecule has 14 heavy (non-hydrogen) atoms. The number of rotatable bonds is 1. The van der Waals surface area contributed by atoms with Gasteiger partial charge in [0.15, 0.2) is 11.5 Å². The molecule has 0 amide bonds. The van der Waals surface area contributed by atoms with Crippen LogP contribution in [-0.4, -0.2) is 14.6 Å².